The van der Waals surface area contributed by atoms with E-state index in [0.717, 1.165) is 24.7 Å². The van der Waals surface area contributed by atoms with Crippen molar-refractivity contribution in [3.8, 4) is 0 Å². The molecule has 1 aromatic rings. The normalized spacial score (nSPS) is 24.9. The van der Waals surface area contributed by atoms with Crippen LogP contribution in [0, 0.1) is 23.7 Å². The van der Waals surface area contributed by atoms with E-state index in [4.69, 9.17) is 4.42 Å². The lowest BCUT2D eigenvalue weighted by Crippen LogP contribution is -2.37. The maximum Gasteiger partial charge on any atom is 0.221 e. The van der Waals surface area contributed by atoms with Crippen LogP contribution in [0.3, 0.4) is 0 Å². The van der Waals surface area contributed by atoms with Crippen LogP contribution in [0.15, 0.2) is 16.1 Å². The monoisotopic (exact) mass is 347 g/mol. The van der Waals surface area contributed by atoms with Gasteiger partial charge in [0.05, 0.1) is 0 Å². The Labute approximate surface area is 153 Å². The molecule has 1 heterocycles. The third-order valence-corrected chi connectivity index (χ3v) is 5.38. The Morgan fingerprint density at radius 1 is 1.20 bits per heavy atom. The summed E-state index contributed by atoms with van der Waals surface area (Å²) in [7, 11) is 0. The first-order valence-corrected chi connectivity index (χ1v) is 9.82. The van der Waals surface area contributed by atoms with Gasteiger partial charge in [0.1, 0.15) is 0 Å². The van der Waals surface area contributed by atoms with E-state index in [2.05, 4.69) is 77.0 Å². The van der Waals surface area contributed by atoms with Crippen LogP contribution in [0.1, 0.15) is 73.6 Å². The Balaban J connectivity index is 2.11. The summed E-state index contributed by atoms with van der Waals surface area (Å²) in [6.45, 7) is 18.8. The predicted octanol–water partition coefficient (Wildman–Crippen LogP) is 4.76. The number of nitrogens with zero attached hydrogens (tertiary/aromatic N) is 2. The summed E-state index contributed by atoms with van der Waals surface area (Å²) in [6.07, 6.45) is 4.56. The zero-order valence-electron chi connectivity index (χ0n) is 17.4. The van der Waals surface area contributed by atoms with E-state index < -0.39 is 0 Å². The molecule has 0 fully saturated rings. The van der Waals surface area contributed by atoms with Gasteiger partial charge in [0.25, 0.3) is 0 Å². The molecule has 0 aromatic carbocycles. The minimum Gasteiger partial charge on any atom is -0.425 e. The summed E-state index contributed by atoms with van der Waals surface area (Å²) in [6, 6.07) is 0.536. The fourth-order valence-electron chi connectivity index (χ4n) is 3.73. The van der Waals surface area contributed by atoms with Gasteiger partial charge in [-0.2, -0.15) is 0 Å². The number of hydrogen-bond acceptors (Lipinski definition) is 4. The van der Waals surface area contributed by atoms with Crippen molar-refractivity contribution in [2.75, 3.05) is 6.54 Å². The van der Waals surface area contributed by atoms with Crippen LogP contribution in [0.5, 0.6) is 0 Å². The van der Waals surface area contributed by atoms with E-state index >= 15 is 0 Å². The first-order valence-electron chi connectivity index (χ1n) is 9.82. The topological polar surface area (TPSA) is 51.0 Å². The van der Waals surface area contributed by atoms with Crippen molar-refractivity contribution in [1.82, 2.24) is 15.5 Å². The average molecular weight is 348 g/mol. The van der Waals surface area contributed by atoms with Crippen molar-refractivity contribution in [2.24, 2.45) is 23.7 Å². The van der Waals surface area contributed by atoms with Crippen molar-refractivity contribution in [1.29, 1.82) is 0 Å². The second-order valence-corrected chi connectivity index (χ2v) is 9.43. The van der Waals surface area contributed by atoms with E-state index in [0.29, 0.717) is 29.7 Å². The fourth-order valence-corrected chi connectivity index (χ4v) is 3.73. The summed E-state index contributed by atoms with van der Waals surface area (Å²) in [4.78, 5) is 0. The average Bonchev–Trinajstić information content (AvgIpc) is 2.95. The lowest BCUT2D eigenvalue weighted by Gasteiger charge is -2.37. The highest BCUT2D eigenvalue weighted by atomic mass is 16.4. The van der Waals surface area contributed by atoms with Crippen LogP contribution in [-0.4, -0.2) is 22.8 Å². The highest BCUT2D eigenvalue weighted by Crippen LogP contribution is 2.38. The van der Waals surface area contributed by atoms with Crippen molar-refractivity contribution in [2.45, 2.75) is 79.7 Å². The Morgan fingerprint density at radius 2 is 1.88 bits per heavy atom. The van der Waals surface area contributed by atoms with Crippen molar-refractivity contribution in [3.05, 3.63) is 23.4 Å². The number of nitrogens with one attached hydrogen (secondary N) is 1. The van der Waals surface area contributed by atoms with Crippen LogP contribution in [0.4, 0.5) is 0 Å². The van der Waals surface area contributed by atoms with Gasteiger partial charge in [-0.05, 0) is 37.0 Å². The lowest BCUT2D eigenvalue weighted by molar-refractivity contribution is 0.215. The number of hydrogen-bond donors (Lipinski definition) is 1. The molecule has 0 spiro atoms. The molecule has 4 heteroatoms. The molecule has 1 aromatic heterocycles. The molecule has 142 valence electrons. The summed E-state index contributed by atoms with van der Waals surface area (Å²) in [5.41, 5.74) is 1.39. The van der Waals surface area contributed by atoms with Gasteiger partial charge in [-0.1, -0.05) is 60.1 Å². The molecule has 0 amide bonds. The van der Waals surface area contributed by atoms with Crippen LogP contribution in [0.2, 0.25) is 0 Å². The maximum atomic E-state index is 5.94. The molecule has 2 rings (SSSR count). The molecule has 0 saturated heterocycles. The second kappa shape index (κ2) is 8.03. The van der Waals surface area contributed by atoms with E-state index in [1.165, 1.54) is 12.0 Å². The van der Waals surface area contributed by atoms with Crippen molar-refractivity contribution < 1.29 is 4.42 Å². The molecule has 0 aliphatic heterocycles. The first kappa shape index (κ1) is 20.2. The summed E-state index contributed by atoms with van der Waals surface area (Å²) in [5.74, 6) is 4.02. The molecule has 4 nitrogen and oxygen atoms in total. The molecule has 1 N–H and O–H groups in total. The Bertz CT molecular complexity index is 580. The molecular weight excluding hydrogens is 310 g/mol. The van der Waals surface area contributed by atoms with E-state index in [9.17, 15) is 0 Å². The zero-order chi connectivity index (χ0) is 18.8. The summed E-state index contributed by atoms with van der Waals surface area (Å²) < 4.78 is 5.94. The Morgan fingerprint density at radius 3 is 2.40 bits per heavy atom. The molecule has 25 heavy (non-hydrogen) atoms. The highest BCUT2D eigenvalue weighted by Gasteiger charge is 2.32. The minimum atomic E-state index is -0.0865. The van der Waals surface area contributed by atoms with Gasteiger partial charge in [0.15, 0.2) is 0 Å². The molecule has 3 atom stereocenters. The number of rotatable bonds is 6. The quantitative estimate of drug-likeness (QED) is 0.754. The highest BCUT2D eigenvalue weighted by molar-refractivity contribution is 5.14. The molecule has 1 aliphatic rings. The van der Waals surface area contributed by atoms with Gasteiger partial charge >= 0.3 is 0 Å². The smallest absolute Gasteiger partial charge is 0.221 e. The molecule has 3 unspecified atom stereocenters. The Kier molecular flexibility index (Phi) is 6.47. The van der Waals surface area contributed by atoms with Crippen LogP contribution in [-0.2, 0) is 11.8 Å². The molecule has 0 saturated carbocycles. The van der Waals surface area contributed by atoms with Crippen LogP contribution >= 0.6 is 0 Å². The Hall–Kier alpha value is -1.16. The number of aromatic nitrogens is 2. The first-order chi connectivity index (χ1) is 11.6. The van der Waals surface area contributed by atoms with E-state index in [-0.39, 0.29) is 5.41 Å². The number of allylic oxidation sites excluding steroid dienone is 1. The van der Waals surface area contributed by atoms with Crippen molar-refractivity contribution >= 4 is 0 Å². The minimum absolute atomic E-state index is 0.0865. The van der Waals surface area contributed by atoms with E-state index in [1.807, 2.05) is 0 Å². The molecular formula is C21H37N3O. The fraction of sp³-hybridized carbons (Fsp3) is 0.810. The lowest BCUT2D eigenvalue weighted by atomic mass is 9.70. The SMILES string of the molecule is CC1=CC(CNC(C)C)C(C(C)C)CC1Cc1nnc(C(C)(C)C)o1. The molecule has 0 radical (unpaired) electrons. The predicted molar refractivity (Wildman–Crippen MR) is 104 cm³/mol. The zero-order valence-corrected chi connectivity index (χ0v) is 17.4. The standard InChI is InChI=1S/C21H37N3O/c1-13(2)18-10-16(15(5)9-17(18)12-22-14(3)4)11-19-23-24-20(25-19)21(6,7)8/h9,13-14,16-18,22H,10-12H2,1-8H3. The van der Waals surface area contributed by atoms with Gasteiger partial charge < -0.3 is 9.73 Å². The van der Waals surface area contributed by atoms with Gasteiger partial charge in [-0.25, -0.2) is 0 Å². The third kappa shape index (κ3) is 5.40. The molecule has 1 aliphatic carbocycles. The maximum absolute atomic E-state index is 5.94. The summed E-state index contributed by atoms with van der Waals surface area (Å²) in [5, 5.41) is 12.2. The van der Waals surface area contributed by atoms with Crippen LogP contribution < -0.4 is 5.32 Å². The van der Waals surface area contributed by atoms with Gasteiger partial charge in [0.2, 0.25) is 11.8 Å². The summed E-state index contributed by atoms with van der Waals surface area (Å²) >= 11 is 0. The largest absolute Gasteiger partial charge is 0.425 e. The van der Waals surface area contributed by atoms with E-state index in [1.54, 1.807) is 0 Å². The second-order valence-electron chi connectivity index (χ2n) is 9.43. The van der Waals surface area contributed by atoms with Gasteiger partial charge in [0, 0.05) is 24.4 Å². The van der Waals surface area contributed by atoms with Crippen molar-refractivity contribution in [3.63, 3.8) is 0 Å². The van der Waals surface area contributed by atoms with Gasteiger partial charge in [-0.15, -0.1) is 10.2 Å². The van der Waals surface area contributed by atoms with Gasteiger partial charge in [-0.3, -0.25) is 0 Å². The molecule has 0 bridgehead atoms. The van der Waals surface area contributed by atoms with Crippen LogP contribution in [0.25, 0.3) is 0 Å². The third-order valence-electron chi connectivity index (χ3n) is 5.38.